The molecule has 1 N–H and O–H groups in total. The van der Waals surface area contributed by atoms with Gasteiger partial charge >= 0.3 is 0 Å². The Kier molecular flexibility index (Phi) is 4.20. The molecule has 140 valence electrons. The molecule has 28 heavy (non-hydrogen) atoms. The van der Waals surface area contributed by atoms with Gasteiger partial charge in [-0.1, -0.05) is 60.2 Å². The van der Waals surface area contributed by atoms with Crippen LogP contribution in [0.3, 0.4) is 0 Å². The Morgan fingerprint density at radius 2 is 1.86 bits per heavy atom. The van der Waals surface area contributed by atoms with Gasteiger partial charge < -0.3 is 0 Å². The van der Waals surface area contributed by atoms with Gasteiger partial charge in [0.2, 0.25) is 0 Å². The summed E-state index contributed by atoms with van der Waals surface area (Å²) >= 11 is 5.52. The number of hydrogen-bond donors (Lipinski definition) is 1. The molecule has 1 aliphatic carbocycles. The third-order valence-electron chi connectivity index (χ3n) is 5.39. The Morgan fingerprint density at radius 1 is 1.07 bits per heavy atom. The van der Waals surface area contributed by atoms with Crippen LogP contribution < -0.4 is 0 Å². The lowest BCUT2D eigenvalue weighted by atomic mass is 10.1. The van der Waals surface area contributed by atoms with Crippen molar-refractivity contribution in [1.82, 2.24) is 24.5 Å². The van der Waals surface area contributed by atoms with Crippen LogP contribution in [0.25, 0.3) is 5.69 Å². The molecule has 0 aliphatic heterocycles. The van der Waals surface area contributed by atoms with E-state index in [4.69, 9.17) is 12.2 Å². The van der Waals surface area contributed by atoms with Crippen molar-refractivity contribution in [2.75, 3.05) is 0 Å². The Balaban J connectivity index is 1.41. The summed E-state index contributed by atoms with van der Waals surface area (Å²) in [6.45, 7) is 2.85. The third-order valence-corrected chi connectivity index (χ3v) is 5.66. The average molecular weight is 388 g/mol. The van der Waals surface area contributed by atoms with Crippen molar-refractivity contribution in [3.63, 3.8) is 0 Å². The first-order chi connectivity index (χ1) is 13.7. The fraction of sp³-hybridized carbons (Fsp3) is 0.227. The molecule has 2 atom stereocenters. The number of benzene rings is 2. The lowest BCUT2D eigenvalue weighted by molar-refractivity contribution is 0.686. The van der Waals surface area contributed by atoms with Crippen LogP contribution in [-0.2, 0) is 6.54 Å². The van der Waals surface area contributed by atoms with Crippen molar-refractivity contribution in [2.45, 2.75) is 31.7 Å². The molecule has 5 nitrogen and oxygen atoms in total. The van der Waals surface area contributed by atoms with E-state index in [9.17, 15) is 0 Å². The van der Waals surface area contributed by atoms with E-state index >= 15 is 0 Å². The van der Waals surface area contributed by atoms with Crippen LogP contribution in [0.5, 0.6) is 0 Å². The molecule has 0 saturated heterocycles. The maximum Gasteiger partial charge on any atom is 0.199 e. The zero-order valence-corrected chi connectivity index (χ0v) is 16.4. The molecular weight excluding hydrogens is 366 g/mol. The van der Waals surface area contributed by atoms with Crippen molar-refractivity contribution < 1.29 is 0 Å². The van der Waals surface area contributed by atoms with E-state index in [1.54, 1.807) is 0 Å². The van der Waals surface area contributed by atoms with Gasteiger partial charge in [0, 0.05) is 12.1 Å². The summed E-state index contributed by atoms with van der Waals surface area (Å²) in [7, 11) is 0. The van der Waals surface area contributed by atoms with Gasteiger partial charge in [-0.05, 0) is 42.6 Å². The highest BCUT2D eigenvalue weighted by atomic mass is 32.1. The SMILES string of the molecule is Cc1ccc(C2CC2c2n[nH]c(=S)n2-c2cnn(Cc3ccccc3)c2)cc1. The number of aromatic nitrogens is 5. The summed E-state index contributed by atoms with van der Waals surface area (Å²) in [6, 6.07) is 19.1. The largest absolute Gasteiger partial charge is 0.269 e. The topological polar surface area (TPSA) is 51.4 Å². The standard InChI is InChI=1S/C22H21N5S/c1-15-7-9-17(10-8-15)19-11-20(19)21-24-25-22(28)27(21)18-12-23-26(14-18)13-16-5-3-2-4-6-16/h2-10,12,14,19-20H,11,13H2,1H3,(H,25,28). The molecule has 2 unspecified atom stereocenters. The highest BCUT2D eigenvalue weighted by Gasteiger charge is 2.43. The van der Waals surface area contributed by atoms with Gasteiger partial charge in [-0.2, -0.15) is 10.2 Å². The summed E-state index contributed by atoms with van der Waals surface area (Å²) in [6.07, 6.45) is 4.99. The molecule has 6 heteroatoms. The van der Waals surface area contributed by atoms with E-state index in [0.29, 0.717) is 16.6 Å². The first-order valence-electron chi connectivity index (χ1n) is 9.49. The van der Waals surface area contributed by atoms with E-state index in [0.717, 1.165) is 24.5 Å². The van der Waals surface area contributed by atoms with E-state index < -0.39 is 0 Å². The second kappa shape index (κ2) is 6.87. The zero-order valence-electron chi connectivity index (χ0n) is 15.6. The van der Waals surface area contributed by atoms with Crippen molar-refractivity contribution in [3.05, 3.63) is 94.3 Å². The van der Waals surface area contributed by atoms with Crippen molar-refractivity contribution >= 4 is 12.2 Å². The Morgan fingerprint density at radius 3 is 2.64 bits per heavy atom. The van der Waals surface area contributed by atoms with Crippen LogP contribution >= 0.6 is 12.2 Å². The summed E-state index contributed by atoms with van der Waals surface area (Å²) in [4.78, 5) is 0. The van der Waals surface area contributed by atoms with Gasteiger partial charge in [0.1, 0.15) is 5.82 Å². The van der Waals surface area contributed by atoms with Gasteiger partial charge in [0.25, 0.3) is 0 Å². The number of H-pyrrole nitrogens is 1. The highest BCUT2D eigenvalue weighted by Crippen LogP contribution is 2.54. The Hall–Kier alpha value is -2.99. The molecule has 4 aromatic rings. The molecular formula is C22H21N5S. The molecule has 5 rings (SSSR count). The predicted octanol–water partition coefficient (Wildman–Crippen LogP) is 4.75. The Labute approximate surface area is 168 Å². The number of nitrogens with one attached hydrogen (secondary N) is 1. The molecule has 2 aromatic heterocycles. The fourth-order valence-electron chi connectivity index (χ4n) is 3.79. The zero-order chi connectivity index (χ0) is 19.1. The smallest absolute Gasteiger partial charge is 0.199 e. The summed E-state index contributed by atoms with van der Waals surface area (Å²) in [5, 5.41) is 12.0. The summed E-state index contributed by atoms with van der Waals surface area (Å²) in [5.74, 6) is 1.88. The molecule has 1 saturated carbocycles. The quantitative estimate of drug-likeness (QED) is 0.503. The van der Waals surface area contributed by atoms with Gasteiger partial charge in [-0.25, -0.2) is 0 Å². The minimum absolute atomic E-state index is 0.383. The highest BCUT2D eigenvalue weighted by molar-refractivity contribution is 7.71. The molecule has 0 spiro atoms. The first-order valence-corrected chi connectivity index (χ1v) is 9.90. The molecule has 0 radical (unpaired) electrons. The summed E-state index contributed by atoms with van der Waals surface area (Å²) < 4.78 is 4.58. The second-order valence-electron chi connectivity index (χ2n) is 7.46. The van der Waals surface area contributed by atoms with Gasteiger partial charge in [0.05, 0.1) is 18.4 Å². The molecule has 2 heterocycles. The normalized spacial score (nSPS) is 18.3. The van der Waals surface area contributed by atoms with Crippen LogP contribution in [0.1, 0.15) is 40.8 Å². The van der Waals surface area contributed by atoms with Crippen molar-refractivity contribution in [2.24, 2.45) is 0 Å². The number of aryl methyl sites for hydroxylation is 1. The number of aromatic amines is 1. The van der Waals surface area contributed by atoms with E-state index in [1.807, 2.05) is 39.8 Å². The minimum Gasteiger partial charge on any atom is -0.269 e. The number of nitrogens with zero attached hydrogens (tertiary/aromatic N) is 4. The van der Waals surface area contributed by atoms with Crippen LogP contribution in [0, 0.1) is 11.7 Å². The second-order valence-corrected chi connectivity index (χ2v) is 7.85. The lowest BCUT2D eigenvalue weighted by Gasteiger charge is -2.05. The summed E-state index contributed by atoms with van der Waals surface area (Å²) in [5.41, 5.74) is 4.83. The van der Waals surface area contributed by atoms with E-state index in [-0.39, 0.29) is 0 Å². The maximum atomic E-state index is 5.52. The van der Waals surface area contributed by atoms with E-state index in [1.165, 1.54) is 16.7 Å². The van der Waals surface area contributed by atoms with Crippen LogP contribution in [0.4, 0.5) is 0 Å². The van der Waals surface area contributed by atoms with Crippen LogP contribution in [0.2, 0.25) is 0 Å². The molecule has 0 amide bonds. The van der Waals surface area contributed by atoms with Gasteiger partial charge in [-0.15, -0.1) is 0 Å². The Bertz CT molecular complexity index is 1150. The maximum absolute atomic E-state index is 5.52. The average Bonchev–Trinajstić information content (AvgIpc) is 3.21. The van der Waals surface area contributed by atoms with Crippen molar-refractivity contribution in [3.8, 4) is 5.69 Å². The van der Waals surface area contributed by atoms with Gasteiger partial charge in [0.15, 0.2) is 4.77 Å². The van der Waals surface area contributed by atoms with E-state index in [2.05, 4.69) is 58.6 Å². The van der Waals surface area contributed by atoms with Gasteiger partial charge in [-0.3, -0.25) is 14.3 Å². The van der Waals surface area contributed by atoms with Crippen LogP contribution in [0.15, 0.2) is 67.0 Å². The molecule has 0 bridgehead atoms. The molecule has 1 aliphatic rings. The molecule has 2 aromatic carbocycles. The van der Waals surface area contributed by atoms with Crippen LogP contribution in [-0.4, -0.2) is 24.5 Å². The lowest BCUT2D eigenvalue weighted by Crippen LogP contribution is -2.01. The fourth-order valence-corrected chi connectivity index (χ4v) is 4.04. The minimum atomic E-state index is 0.383. The number of hydrogen-bond acceptors (Lipinski definition) is 3. The number of rotatable bonds is 5. The monoisotopic (exact) mass is 387 g/mol. The predicted molar refractivity (Wildman–Crippen MR) is 111 cm³/mol. The third kappa shape index (κ3) is 3.20. The van der Waals surface area contributed by atoms with Crippen molar-refractivity contribution in [1.29, 1.82) is 0 Å². The molecule has 1 fully saturated rings. The first kappa shape index (κ1) is 17.1.